The predicted octanol–water partition coefficient (Wildman–Crippen LogP) is 19.3. The second-order valence-electron chi connectivity index (χ2n) is 22.2. The van der Waals surface area contributed by atoms with E-state index in [1.54, 1.807) is 27.7 Å². The number of alkyl halides is 8. The standard InChI is InChI=1S/C16H19Cl2F2N3O3S.C15H16Cl3F2N3O3S.2C15H17Cl2F2N3O2S/c1-7(13(25-4)10-8(2)27-14(18)11(10)17)23(26-5)16(24)9-6-22(3)21-12(9)15(19)20;1-6(11(25-3)8-9(16)13(18)27-12(8)17)23(26-4)15(24)7-5-22(2)21-10(7)14(19)20;2*1-7(5-9-8(2)25-13(17)11(9)16)22(24-4)15(23)10-6-21(3)20-12(10)14(18)19/h6-7,13,15H,1-5H3;5-6,11,14H,1-4H3;2*6-7,14H,5H2,1-4H3. The maximum Gasteiger partial charge on any atom is 0.282 e. The van der Waals surface area contributed by atoms with Crippen LogP contribution >= 0.6 is 150 Å². The van der Waals surface area contributed by atoms with Crippen LogP contribution in [-0.2, 0) is 69.9 Å². The van der Waals surface area contributed by atoms with Crippen LogP contribution < -0.4 is 0 Å². The van der Waals surface area contributed by atoms with Crippen molar-refractivity contribution >= 4 is 173 Å². The number of rotatable bonds is 26. The number of carbonyl (C=O) groups excluding carboxylic acids is 4. The molecule has 0 radical (unpaired) electrons. The number of ether oxygens (including phenoxy) is 2. The molecule has 8 rings (SSSR count). The van der Waals surface area contributed by atoms with Gasteiger partial charge in [0, 0.05) is 93.0 Å². The summed E-state index contributed by atoms with van der Waals surface area (Å²) in [6.07, 6.45) is -7.36. The number of methoxy groups -OCH3 is 2. The number of aryl methyl sites for hydroxylation is 7. The van der Waals surface area contributed by atoms with Crippen molar-refractivity contribution < 1.29 is 83.1 Å². The highest BCUT2D eigenvalue weighted by atomic mass is 35.5. The molecular weight excluding hydrogens is 1660 g/mol. The Balaban J connectivity index is 0.000000249. The summed E-state index contributed by atoms with van der Waals surface area (Å²) in [6, 6.07) is -2.38. The van der Waals surface area contributed by atoms with Crippen molar-refractivity contribution in [2.75, 3.05) is 42.7 Å². The van der Waals surface area contributed by atoms with Crippen LogP contribution in [0.2, 0.25) is 41.8 Å². The zero-order chi connectivity index (χ0) is 78.7. The molecule has 0 aliphatic rings. The first-order valence-electron chi connectivity index (χ1n) is 29.9. The van der Waals surface area contributed by atoms with Gasteiger partial charge in [-0.1, -0.05) is 104 Å². The third-order valence-electron chi connectivity index (χ3n) is 15.3. The van der Waals surface area contributed by atoms with Gasteiger partial charge in [-0.3, -0.25) is 57.3 Å². The van der Waals surface area contributed by atoms with Gasteiger partial charge in [-0.15, -0.1) is 45.3 Å². The van der Waals surface area contributed by atoms with Crippen LogP contribution in [0.4, 0.5) is 35.1 Å². The zero-order valence-electron chi connectivity index (χ0n) is 58.0. The van der Waals surface area contributed by atoms with Gasteiger partial charge >= 0.3 is 0 Å². The van der Waals surface area contributed by atoms with Crippen molar-refractivity contribution in [3.05, 3.63) is 148 Å². The Hall–Kier alpha value is -4.67. The largest absolute Gasteiger partial charge is 0.374 e. The number of hydroxylamine groups is 8. The van der Waals surface area contributed by atoms with Gasteiger partial charge in [0.2, 0.25) is 0 Å². The quantitative estimate of drug-likeness (QED) is 0.0365. The van der Waals surface area contributed by atoms with Crippen molar-refractivity contribution in [3.8, 4) is 0 Å². The van der Waals surface area contributed by atoms with Crippen LogP contribution in [0.15, 0.2) is 24.8 Å². The molecular formula is C61H69Cl9F8N12O10S4. The number of hydrogen-bond donors (Lipinski definition) is 0. The summed E-state index contributed by atoms with van der Waals surface area (Å²) in [4.78, 5) is 74.5. The van der Waals surface area contributed by atoms with E-state index in [1.165, 1.54) is 139 Å². The first kappa shape index (κ1) is 89.9. The monoisotopic (exact) mass is 1720 g/mol. The molecule has 576 valence electrons. The van der Waals surface area contributed by atoms with Crippen molar-refractivity contribution in [1.82, 2.24) is 59.4 Å². The Bertz CT molecular complexity index is 4010. The molecule has 8 aromatic heterocycles. The minimum absolute atomic E-state index is 0.197. The maximum absolute atomic E-state index is 13.2. The van der Waals surface area contributed by atoms with Gasteiger partial charge in [-0.2, -0.15) is 20.4 Å². The lowest BCUT2D eigenvalue weighted by Gasteiger charge is -2.32. The Morgan fingerprint density at radius 3 is 0.865 bits per heavy atom. The van der Waals surface area contributed by atoms with Gasteiger partial charge in [0.05, 0.1) is 95.0 Å². The van der Waals surface area contributed by atoms with Crippen LogP contribution in [0.3, 0.4) is 0 Å². The number of halogens is 17. The minimum atomic E-state index is -2.92. The van der Waals surface area contributed by atoms with E-state index in [0.717, 1.165) is 66.7 Å². The smallest absolute Gasteiger partial charge is 0.282 e. The van der Waals surface area contributed by atoms with Crippen molar-refractivity contribution in [2.45, 2.75) is 123 Å². The molecule has 0 bridgehead atoms. The first-order valence-corrected chi connectivity index (χ1v) is 36.5. The molecule has 0 saturated carbocycles. The molecule has 0 N–H and O–H groups in total. The Morgan fingerprint density at radius 2 is 0.644 bits per heavy atom. The lowest BCUT2D eigenvalue weighted by atomic mass is 10.0. The molecule has 22 nitrogen and oxygen atoms in total. The minimum Gasteiger partial charge on any atom is -0.374 e. The second kappa shape index (κ2) is 39.6. The third kappa shape index (κ3) is 21.0. The van der Waals surface area contributed by atoms with Crippen molar-refractivity contribution in [2.24, 2.45) is 28.2 Å². The van der Waals surface area contributed by atoms with Gasteiger partial charge < -0.3 is 9.47 Å². The fourth-order valence-corrected chi connectivity index (χ4v) is 17.6. The number of nitrogens with zero attached hydrogens (tertiary/aromatic N) is 12. The molecule has 104 heavy (non-hydrogen) atoms. The Labute approximate surface area is 653 Å². The zero-order valence-corrected chi connectivity index (χ0v) is 68.1. The second-order valence-corrected chi connectivity index (χ2v) is 31.5. The fraction of sp³-hybridized carbons (Fsp3) is 0.475. The lowest BCUT2D eigenvalue weighted by molar-refractivity contribution is -0.148. The molecule has 0 spiro atoms. The molecule has 0 aromatic carbocycles. The number of aromatic nitrogens is 8. The highest BCUT2D eigenvalue weighted by Gasteiger charge is 2.40. The average molecular weight is 1730 g/mol. The third-order valence-corrected chi connectivity index (χ3v) is 23.4. The topological polar surface area (TPSA) is 208 Å². The summed E-state index contributed by atoms with van der Waals surface area (Å²) < 4.78 is 123. The molecule has 0 saturated heterocycles. The van der Waals surface area contributed by atoms with Gasteiger partial charge in [0.1, 0.15) is 56.7 Å². The fourth-order valence-electron chi connectivity index (χ4n) is 10.6. The SMILES string of the molecule is COC(c1c(C)sc(Cl)c1Cl)C(C)N(OC)C(=O)c1cn(C)nc1C(F)F.COC(c1c(Cl)sc(Cl)c1Cl)C(C)N(OC)C(=O)c1cn(C)nc1C(F)F.CON(C(=O)c1cn(C)nc1C(F)F)C(C)Cc1c(C)sc(Cl)c1Cl.CON(C(=O)c1cn(C)nc1C(F)F)C(C)Cc1c(C)sc(Cl)c1Cl. The normalized spacial score (nSPS) is 13.3. The summed E-state index contributed by atoms with van der Waals surface area (Å²) in [5, 5.41) is 20.0. The van der Waals surface area contributed by atoms with E-state index in [9.17, 15) is 54.3 Å². The highest BCUT2D eigenvalue weighted by Crippen LogP contribution is 2.47. The van der Waals surface area contributed by atoms with Crippen LogP contribution in [0.5, 0.6) is 0 Å². The van der Waals surface area contributed by atoms with E-state index < -0.39 is 108 Å². The predicted molar refractivity (Wildman–Crippen MR) is 387 cm³/mol. The van der Waals surface area contributed by atoms with Gasteiger partial charge in [-0.25, -0.2) is 55.4 Å². The molecule has 0 aliphatic heterocycles. The van der Waals surface area contributed by atoms with Gasteiger partial charge in [-0.05, 0) is 72.4 Å². The van der Waals surface area contributed by atoms with Gasteiger partial charge in [0.15, 0.2) is 0 Å². The van der Waals surface area contributed by atoms with Crippen molar-refractivity contribution in [3.63, 3.8) is 0 Å². The van der Waals surface area contributed by atoms with E-state index >= 15 is 0 Å². The molecule has 8 heterocycles. The summed E-state index contributed by atoms with van der Waals surface area (Å²) in [7, 11) is 13.8. The molecule has 6 atom stereocenters. The van der Waals surface area contributed by atoms with Crippen LogP contribution in [0, 0.1) is 20.8 Å². The Morgan fingerprint density at radius 1 is 0.394 bits per heavy atom. The average Bonchev–Trinajstić information content (AvgIpc) is 1.53. The molecule has 6 unspecified atom stereocenters. The summed E-state index contributed by atoms with van der Waals surface area (Å²) >= 11 is 60.3. The summed E-state index contributed by atoms with van der Waals surface area (Å²) in [5.74, 6) is -2.93. The van der Waals surface area contributed by atoms with Crippen LogP contribution in [0.1, 0.15) is 167 Å². The van der Waals surface area contributed by atoms with E-state index in [4.69, 9.17) is 133 Å². The molecule has 0 fully saturated rings. The van der Waals surface area contributed by atoms with Crippen molar-refractivity contribution in [1.29, 1.82) is 0 Å². The Kier molecular flexibility index (Phi) is 34.3. The van der Waals surface area contributed by atoms with E-state index in [-0.39, 0.29) is 31.6 Å². The number of hydrogen-bond acceptors (Lipinski definition) is 18. The number of carbonyl (C=O) groups is 4. The molecule has 0 aliphatic carbocycles. The van der Waals surface area contributed by atoms with Gasteiger partial charge in [0.25, 0.3) is 49.3 Å². The summed E-state index contributed by atoms with van der Waals surface area (Å²) in [6.45, 7) is 12.3. The highest BCUT2D eigenvalue weighted by molar-refractivity contribution is 7.21. The van der Waals surface area contributed by atoms with E-state index in [2.05, 4.69) is 20.4 Å². The van der Waals surface area contributed by atoms with Crippen LogP contribution in [0.25, 0.3) is 0 Å². The van der Waals surface area contributed by atoms with Crippen LogP contribution in [-0.4, -0.2) is 150 Å². The van der Waals surface area contributed by atoms with E-state index in [0.29, 0.717) is 56.4 Å². The molecule has 4 amide bonds. The lowest BCUT2D eigenvalue weighted by Crippen LogP contribution is -2.42. The number of thiophene rings is 4. The number of amides is 4. The maximum atomic E-state index is 13.2. The molecule has 8 aromatic rings. The first-order chi connectivity index (χ1) is 48.6. The molecule has 43 heteroatoms. The summed E-state index contributed by atoms with van der Waals surface area (Å²) in [5.41, 5.74) is -0.703. The van der Waals surface area contributed by atoms with E-state index in [1.807, 2.05) is 20.8 Å².